The van der Waals surface area contributed by atoms with Crippen molar-refractivity contribution >= 4 is 29.2 Å². The van der Waals surface area contributed by atoms with Crippen LogP contribution in [0.25, 0.3) is 0 Å². The molecule has 5 nitrogen and oxygen atoms in total. The fourth-order valence-corrected chi connectivity index (χ4v) is 1.77. The maximum absolute atomic E-state index is 11.9. The van der Waals surface area contributed by atoms with E-state index < -0.39 is 23.5 Å². The van der Waals surface area contributed by atoms with Crippen LogP contribution in [0.4, 0.5) is 10.5 Å². The van der Waals surface area contributed by atoms with Crippen molar-refractivity contribution in [3.8, 4) is 0 Å². The summed E-state index contributed by atoms with van der Waals surface area (Å²) in [6.07, 6.45) is 0. The Balaban J connectivity index is 2.58. The molecule has 0 bridgehead atoms. The van der Waals surface area contributed by atoms with E-state index in [9.17, 15) is 9.59 Å². The van der Waals surface area contributed by atoms with Crippen molar-refractivity contribution in [3.05, 3.63) is 28.8 Å². The highest BCUT2D eigenvalue weighted by Gasteiger charge is 2.19. The molecule has 0 spiro atoms. The maximum atomic E-state index is 11.9. The quantitative estimate of drug-likeness (QED) is 0.803. The van der Waals surface area contributed by atoms with E-state index in [0.29, 0.717) is 5.02 Å². The third-order valence-electron chi connectivity index (χ3n) is 2.67. The number of imide groups is 1. The van der Waals surface area contributed by atoms with E-state index >= 15 is 0 Å². The number of hydrogen-bond acceptors (Lipinski definition) is 3. The molecule has 1 unspecified atom stereocenters. The standard InChI is InChI=1S/C15H22ClN3O2/c1-9-6-7-11(8-12(9)16)17-10(2)13(20)18-14(21)19-15(3,4)5/h6-8,10,17H,1-5H3,(H2,18,19,20,21). The Bertz CT molecular complexity index is 538. The van der Waals surface area contributed by atoms with Crippen LogP contribution in [0, 0.1) is 6.92 Å². The van der Waals surface area contributed by atoms with E-state index in [1.807, 2.05) is 39.8 Å². The Kier molecular flexibility index (Phi) is 5.61. The summed E-state index contributed by atoms with van der Waals surface area (Å²) in [4.78, 5) is 23.6. The minimum atomic E-state index is -0.561. The highest BCUT2D eigenvalue weighted by molar-refractivity contribution is 6.31. The lowest BCUT2D eigenvalue weighted by Gasteiger charge is -2.21. The number of carbonyl (C=O) groups is 2. The van der Waals surface area contributed by atoms with E-state index in [1.165, 1.54) is 0 Å². The monoisotopic (exact) mass is 311 g/mol. The lowest BCUT2D eigenvalue weighted by molar-refractivity contribution is -0.120. The summed E-state index contributed by atoms with van der Waals surface area (Å²) in [5.41, 5.74) is 1.29. The lowest BCUT2D eigenvalue weighted by Crippen LogP contribution is -2.51. The van der Waals surface area contributed by atoms with E-state index in [-0.39, 0.29) is 0 Å². The molecule has 1 aromatic rings. The molecule has 0 aromatic heterocycles. The zero-order valence-corrected chi connectivity index (χ0v) is 13.8. The number of benzene rings is 1. The SMILES string of the molecule is Cc1ccc(NC(C)C(=O)NC(=O)NC(C)(C)C)cc1Cl. The molecule has 0 aliphatic heterocycles. The molecular formula is C15H22ClN3O2. The van der Waals surface area contributed by atoms with Gasteiger partial charge in [-0.2, -0.15) is 0 Å². The van der Waals surface area contributed by atoms with Crippen LogP contribution < -0.4 is 16.0 Å². The molecule has 1 atom stereocenters. The number of halogens is 1. The molecular weight excluding hydrogens is 290 g/mol. The van der Waals surface area contributed by atoms with Crippen LogP contribution >= 0.6 is 11.6 Å². The molecule has 0 heterocycles. The topological polar surface area (TPSA) is 70.2 Å². The van der Waals surface area contributed by atoms with Gasteiger partial charge in [-0.25, -0.2) is 4.79 Å². The highest BCUT2D eigenvalue weighted by Crippen LogP contribution is 2.20. The van der Waals surface area contributed by atoms with Crippen molar-refractivity contribution < 1.29 is 9.59 Å². The summed E-state index contributed by atoms with van der Waals surface area (Å²) < 4.78 is 0. The second-order valence-corrected chi connectivity index (χ2v) is 6.43. The second kappa shape index (κ2) is 6.80. The average molecular weight is 312 g/mol. The highest BCUT2D eigenvalue weighted by atomic mass is 35.5. The summed E-state index contributed by atoms with van der Waals surface area (Å²) in [6, 6.07) is 4.37. The van der Waals surface area contributed by atoms with Crippen molar-refractivity contribution in [1.82, 2.24) is 10.6 Å². The second-order valence-electron chi connectivity index (χ2n) is 6.02. The number of anilines is 1. The van der Waals surface area contributed by atoms with Crippen LogP contribution in [0.2, 0.25) is 5.02 Å². The number of nitrogens with one attached hydrogen (secondary N) is 3. The predicted octanol–water partition coefficient (Wildman–Crippen LogP) is 3.07. The third kappa shape index (κ3) is 6.04. The van der Waals surface area contributed by atoms with E-state index in [4.69, 9.17) is 11.6 Å². The number of carbonyl (C=O) groups excluding carboxylic acids is 2. The van der Waals surface area contributed by atoms with Gasteiger partial charge >= 0.3 is 6.03 Å². The molecule has 6 heteroatoms. The molecule has 0 aliphatic rings. The fourth-order valence-electron chi connectivity index (χ4n) is 1.59. The van der Waals surface area contributed by atoms with Gasteiger partial charge in [-0.1, -0.05) is 17.7 Å². The predicted molar refractivity (Wildman–Crippen MR) is 85.7 cm³/mol. The number of urea groups is 1. The lowest BCUT2D eigenvalue weighted by atomic mass is 10.1. The Morgan fingerprint density at radius 3 is 2.38 bits per heavy atom. The van der Waals surface area contributed by atoms with Crippen molar-refractivity contribution in [2.45, 2.75) is 46.2 Å². The van der Waals surface area contributed by atoms with Gasteiger partial charge in [-0.05, 0) is 52.3 Å². The first kappa shape index (κ1) is 17.3. The smallest absolute Gasteiger partial charge is 0.321 e. The summed E-state index contributed by atoms with van der Waals surface area (Å²) in [5, 5.41) is 8.59. The van der Waals surface area contributed by atoms with Crippen molar-refractivity contribution in [2.75, 3.05) is 5.32 Å². The zero-order valence-electron chi connectivity index (χ0n) is 13.0. The van der Waals surface area contributed by atoms with Crippen LogP contribution in [0.15, 0.2) is 18.2 Å². The van der Waals surface area contributed by atoms with Crippen LogP contribution in [0.3, 0.4) is 0 Å². The van der Waals surface area contributed by atoms with Gasteiger partial charge in [0.1, 0.15) is 6.04 Å². The first-order valence-electron chi connectivity index (χ1n) is 6.74. The van der Waals surface area contributed by atoms with E-state index in [0.717, 1.165) is 11.3 Å². The molecule has 0 fully saturated rings. The fraction of sp³-hybridized carbons (Fsp3) is 0.467. The van der Waals surface area contributed by atoms with Crippen LogP contribution in [-0.4, -0.2) is 23.5 Å². The molecule has 3 N–H and O–H groups in total. The maximum Gasteiger partial charge on any atom is 0.321 e. The number of amides is 3. The van der Waals surface area contributed by atoms with Gasteiger partial charge in [-0.15, -0.1) is 0 Å². The van der Waals surface area contributed by atoms with E-state index in [1.54, 1.807) is 13.0 Å². The first-order chi connectivity index (χ1) is 9.58. The summed E-state index contributed by atoms with van der Waals surface area (Å²) in [6.45, 7) is 9.10. The molecule has 3 amide bonds. The minimum Gasteiger partial charge on any atom is -0.374 e. The van der Waals surface area contributed by atoms with Crippen molar-refractivity contribution in [1.29, 1.82) is 0 Å². The number of rotatable bonds is 3. The first-order valence-corrected chi connectivity index (χ1v) is 7.12. The molecule has 1 rings (SSSR count). The molecule has 0 saturated heterocycles. The van der Waals surface area contributed by atoms with Gasteiger partial charge in [0.25, 0.3) is 0 Å². The van der Waals surface area contributed by atoms with Crippen LogP contribution in [-0.2, 0) is 4.79 Å². The average Bonchev–Trinajstić information content (AvgIpc) is 2.31. The Morgan fingerprint density at radius 2 is 1.86 bits per heavy atom. The molecule has 0 saturated carbocycles. The third-order valence-corrected chi connectivity index (χ3v) is 3.08. The number of aryl methyl sites for hydroxylation is 1. The van der Waals surface area contributed by atoms with Crippen LogP contribution in [0.1, 0.15) is 33.3 Å². The zero-order chi connectivity index (χ0) is 16.2. The van der Waals surface area contributed by atoms with Crippen LogP contribution in [0.5, 0.6) is 0 Å². The molecule has 116 valence electrons. The number of hydrogen-bond donors (Lipinski definition) is 3. The normalized spacial score (nSPS) is 12.5. The van der Waals surface area contributed by atoms with Gasteiger partial charge in [0.15, 0.2) is 0 Å². The Hall–Kier alpha value is -1.75. The van der Waals surface area contributed by atoms with Gasteiger partial charge in [-0.3, -0.25) is 10.1 Å². The van der Waals surface area contributed by atoms with Gasteiger partial charge < -0.3 is 10.6 Å². The molecule has 21 heavy (non-hydrogen) atoms. The van der Waals surface area contributed by atoms with E-state index in [2.05, 4.69) is 16.0 Å². The summed E-state index contributed by atoms with van der Waals surface area (Å²) >= 11 is 6.03. The Morgan fingerprint density at radius 1 is 1.24 bits per heavy atom. The summed E-state index contributed by atoms with van der Waals surface area (Å²) in [5.74, 6) is -0.409. The summed E-state index contributed by atoms with van der Waals surface area (Å²) in [7, 11) is 0. The largest absolute Gasteiger partial charge is 0.374 e. The molecule has 1 aromatic carbocycles. The molecule has 0 radical (unpaired) electrons. The van der Waals surface area contributed by atoms with Crippen molar-refractivity contribution in [2.24, 2.45) is 0 Å². The molecule has 0 aliphatic carbocycles. The van der Waals surface area contributed by atoms with Gasteiger partial charge in [0, 0.05) is 16.2 Å². The van der Waals surface area contributed by atoms with Gasteiger partial charge in [0.05, 0.1) is 0 Å². The van der Waals surface area contributed by atoms with Crippen molar-refractivity contribution in [3.63, 3.8) is 0 Å². The van der Waals surface area contributed by atoms with Gasteiger partial charge in [0.2, 0.25) is 5.91 Å². The minimum absolute atomic E-state index is 0.397. The Labute approximate surface area is 130 Å².